The van der Waals surface area contributed by atoms with Gasteiger partial charge in [0, 0.05) is 26.1 Å². The Morgan fingerprint density at radius 3 is 2.00 bits per heavy atom. The van der Waals surface area contributed by atoms with Crippen LogP contribution in [0.25, 0.3) is 0 Å². The number of hydrogen-bond donors (Lipinski definition) is 3. The van der Waals surface area contributed by atoms with E-state index in [1.54, 1.807) is 4.90 Å². The molecule has 0 aliphatic carbocycles. The molecular weight excluding hydrogens is 331 g/mol. The van der Waals surface area contributed by atoms with Crippen LogP contribution < -0.4 is 5.32 Å². The number of carbonyl (C=O) groups is 2. The molecule has 25 heavy (non-hydrogen) atoms. The van der Waals surface area contributed by atoms with Crippen molar-refractivity contribution in [1.29, 1.82) is 0 Å². The summed E-state index contributed by atoms with van der Waals surface area (Å²) < 4.78 is 0. The Morgan fingerprint density at radius 1 is 0.920 bits per heavy atom. The average Bonchev–Trinajstić information content (AvgIpc) is 2.53. The zero-order valence-corrected chi connectivity index (χ0v) is 15.3. The second kappa shape index (κ2) is 20.2. The third kappa shape index (κ3) is 20.0. The van der Waals surface area contributed by atoms with Crippen molar-refractivity contribution in [2.75, 3.05) is 32.8 Å². The van der Waals surface area contributed by atoms with Crippen molar-refractivity contribution in [1.82, 2.24) is 10.2 Å². The van der Waals surface area contributed by atoms with E-state index in [1.165, 1.54) is 44.9 Å². The number of rotatable bonds is 17. The van der Waals surface area contributed by atoms with E-state index < -0.39 is 5.97 Å². The van der Waals surface area contributed by atoms with E-state index in [-0.39, 0.29) is 48.6 Å². The Bertz CT molecular complexity index is 330. The Labute approximate surface area is 175 Å². The summed E-state index contributed by atoms with van der Waals surface area (Å²) in [5, 5.41) is 20.5. The molecule has 0 atom stereocenters. The van der Waals surface area contributed by atoms with Crippen LogP contribution in [0.2, 0.25) is 0 Å². The molecule has 0 unspecified atom stereocenters. The molecule has 6 nitrogen and oxygen atoms in total. The van der Waals surface area contributed by atoms with Gasteiger partial charge in [-0.3, -0.25) is 14.5 Å². The van der Waals surface area contributed by atoms with Gasteiger partial charge in [-0.25, -0.2) is 0 Å². The van der Waals surface area contributed by atoms with Crippen LogP contribution in [0.3, 0.4) is 0 Å². The van der Waals surface area contributed by atoms with Crippen LogP contribution >= 0.6 is 0 Å². The van der Waals surface area contributed by atoms with E-state index in [0.717, 1.165) is 12.8 Å². The molecule has 0 heterocycles. The van der Waals surface area contributed by atoms with Crippen molar-refractivity contribution in [2.24, 2.45) is 0 Å². The first-order valence-corrected chi connectivity index (χ1v) is 9.41. The van der Waals surface area contributed by atoms with Gasteiger partial charge in [0.05, 0.1) is 13.2 Å². The maximum absolute atomic E-state index is 11.7. The average molecular weight is 368 g/mol. The van der Waals surface area contributed by atoms with Gasteiger partial charge in [-0.15, -0.1) is 0 Å². The van der Waals surface area contributed by atoms with Crippen molar-refractivity contribution in [3.05, 3.63) is 0 Å². The molecule has 0 radical (unpaired) electrons. The molecule has 1 amide bonds. The molecule has 0 fully saturated rings. The number of nitrogens with zero attached hydrogens (tertiary/aromatic N) is 1. The molecule has 3 N–H and O–H groups in total. The summed E-state index contributed by atoms with van der Waals surface area (Å²) in [7, 11) is 0. The Kier molecular flexibility index (Phi) is 21.9. The molecule has 0 aromatic carbocycles. The van der Waals surface area contributed by atoms with Gasteiger partial charge in [0.2, 0.25) is 5.91 Å². The van der Waals surface area contributed by atoms with Gasteiger partial charge in [0.1, 0.15) is 0 Å². The van der Waals surface area contributed by atoms with E-state index >= 15 is 0 Å². The quantitative estimate of drug-likeness (QED) is 0.269. The van der Waals surface area contributed by atoms with Crippen molar-refractivity contribution in [2.45, 2.75) is 71.1 Å². The third-order valence-electron chi connectivity index (χ3n) is 4.03. The number of carboxylic acid groups (broad SMARTS) is 1. The van der Waals surface area contributed by atoms with Gasteiger partial charge >= 0.3 is 35.5 Å². The fraction of sp³-hybridized carbons (Fsp3) is 0.889. The minimum atomic E-state index is -0.926. The summed E-state index contributed by atoms with van der Waals surface area (Å²) in [6.07, 6.45) is 11.6. The van der Waals surface area contributed by atoms with Crippen LogP contribution in [0.4, 0.5) is 0 Å². The summed E-state index contributed by atoms with van der Waals surface area (Å²) in [5.41, 5.74) is 0. The maximum atomic E-state index is 11.7. The molecular formula is C18H37N2NaO4. The predicted octanol–water partition coefficient (Wildman–Crippen LogP) is 1.75. The minimum absolute atomic E-state index is 0. The predicted molar refractivity (Wildman–Crippen MR) is 103 cm³/mol. The topological polar surface area (TPSA) is 89.9 Å². The van der Waals surface area contributed by atoms with Crippen molar-refractivity contribution in [3.8, 4) is 0 Å². The summed E-state index contributed by atoms with van der Waals surface area (Å²) in [6.45, 7) is 3.19. The van der Waals surface area contributed by atoms with Crippen LogP contribution in [0.5, 0.6) is 0 Å². The van der Waals surface area contributed by atoms with Gasteiger partial charge in [-0.2, -0.15) is 0 Å². The van der Waals surface area contributed by atoms with Gasteiger partial charge < -0.3 is 15.5 Å². The molecule has 0 aliphatic rings. The van der Waals surface area contributed by atoms with Crippen LogP contribution in [0.1, 0.15) is 71.1 Å². The number of amides is 1. The molecule has 0 saturated heterocycles. The number of carboxylic acids is 1. The summed E-state index contributed by atoms with van der Waals surface area (Å²) >= 11 is 0. The number of nitrogens with one attached hydrogen (secondary N) is 1. The molecule has 0 saturated carbocycles. The van der Waals surface area contributed by atoms with Gasteiger partial charge in [-0.1, -0.05) is 58.3 Å². The molecule has 7 heteroatoms. The molecule has 0 aromatic heterocycles. The van der Waals surface area contributed by atoms with Gasteiger partial charge in [-0.05, 0) is 6.42 Å². The SMILES string of the molecule is CCCCCCCCCCCC(=O)NCCN(CCO)CC(=O)O.[NaH]. The van der Waals surface area contributed by atoms with E-state index in [9.17, 15) is 9.59 Å². The fourth-order valence-electron chi connectivity index (χ4n) is 2.64. The fourth-order valence-corrected chi connectivity index (χ4v) is 2.64. The first-order valence-electron chi connectivity index (χ1n) is 9.41. The first kappa shape index (κ1) is 27.1. The molecule has 0 rings (SSSR count). The Hall–Kier alpha value is -0.140. The standard InChI is InChI=1S/C18H36N2O4.Na.H/c1-2-3-4-5-6-7-8-9-10-11-17(22)19-12-13-20(14-15-21)16-18(23)24;;/h21H,2-16H2,1H3,(H,19,22)(H,23,24);;. The van der Waals surface area contributed by atoms with Crippen LogP contribution in [0, 0.1) is 0 Å². The van der Waals surface area contributed by atoms with Gasteiger partial charge in [0.25, 0.3) is 0 Å². The normalized spacial score (nSPS) is 10.5. The molecule has 0 bridgehead atoms. The second-order valence-corrected chi connectivity index (χ2v) is 6.32. The monoisotopic (exact) mass is 368 g/mol. The second-order valence-electron chi connectivity index (χ2n) is 6.32. The summed E-state index contributed by atoms with van der Waals surface area (Å²) in [4.78, 5) is 24.0. The number of aliphatic hydroxyl groups is 1. The number of carbonyl (C=O) groups excluding carboxylic acids is 1. The zero-order valence-electron chi connectivity index (χ0n) is 15.3. The van der Waals surface area contributed by atoms with Crippen LogP contribution in [0.15, 0.2) is 0 Å². The van der Waals surface area contributed by atoms with Crippen molar-refractivity contribution >= 4 is 41.4 Å². The summed E-state index contributed by atoms with van der Waals surface area (Å²) in [5.74, 6) is -0.901. The summed E-state index contributed by atoms with van der Waals surface area (Å²) in [6, 6.07) is 0. The number of hydrogen-bond acceptors (Lipinski definition) is 4. The Balaban J connectivity index is 0. The van der Waals surface area contributed by atoms with Crippen molar-refractivity contribution in [3.63, 3.8) is 0 Å². The van der Waals surface area contributed by atoms with Crippen molar-refractivity contribution < 1.29 is 19.8 Å². The van der Waals surface area contributed by atoms with E-state index in [0.29, 0.717) is 26.1 Å². The molecule has 144 valence electrons. The van der Waals surface area contributed by atoms with Crippen LogP contribution in [-0.4, -0.2) is 89.3 Å². The Morgan fingerprint density at radius 2 is 1.48 bits per heavy atom. The van der Waals surface area contributed by atoms with E-state index in [4.69, 9.17) is 10.2 Å². The molecule has 0 aromatic rings. The number of unbranched alkanes of at least 4 members (excludes halogenated alkanes) is 8. The van der Waals surface area contributed by atoms with Crippen LogP contribution in [-0.2, 0) is 9.59 Å². The van der Waals surface area contributed by atoms with Gasteiger partial charge in [0.15, 0.2) is 0 Å². The van der Waals surface area contributed by atoms with E-state index in [2.05, 4.69) is 12.2 Å². The molecule has 0 spiro atoms. The van der Waals surface area contributed by atoms with E-state index in [1.807, 2.05) is 0 Å². The number of aliphatic carboxylic acids is 1. The molecule has 0 aliphatic heterocycles. The number of aliphatic hydroxyl groups excluding tert-OH is 1. The first-order chi connectivity index (χ1) is 11.6. The third-order valence-corrected chi connectivity index (χ3v) is 4.03. The zero-order chi connectivity index (χ0) is 18.0.